The van der Waals surface area contributed by atoms with Crippen LogP contribution in [0.1, 0.15) is 94.5 Å². The summed E-state index contributed by atoms with van der Waals surface area (Å²) in [4.78, 5) is 4.77. The molecule has 0 N–H and O–H groups in total. The summed E-state index contributed by atoms with van der Waals surface area (Å²) in [6.07, 6.45) is 0. The second-order valence-electron chi connectivity index (χ2n) is 32.1. The zero-order valence-electron chi connectivity index (χ0n) is 63.8. The molecule has 0 aliphatic heterocycles. The average molecular weight is 1480 g/mol. The Morgan fingerprint density at radius 2 is 0.544 bits per heavy atom. The van der Waals surface area contributed by atoms with E-state index in [9.17, 15) is 0 Å². The number of rotatable bonds is 11. The predicted molar refractivity (Wildman–Crippen MR) is 478 cm³/mol. The van der Waals surface area contributed by atoms with Gasteiger partial charge in [-0.25, -0.2) is 0 Å². The third kappa shape index (κ3) is 10.1. The van der Waals surface area contributed by atoms with Gasteiger partial charge in [0.25, 0.3) is 0 Å². The average Bonchev–Trinajstić information content (AvgIpc) is 1.53. The predicted octanol–water partition coefficient (Wildman–Crippen LogP) is 29.6. The van der Waals surface area contributed by atoms with Crippen molar-refractivity contribution in [1.29, 1.82) is 0 Å². The van der Waals surface area contributed by atoms with E-state index in [1.807, 2.05) is 11.3 Å². The molecule has 4 aliphatic rings. The quantitative estimate of drug-likeness (QED) is 0.129. The van der Waals surface area contributed by atoms with Crippen LogP contribution in [0.15, 0.2) is 405 Å². The molecule has 540 valence electrons. The Hall–Kier alpha value is -13.6. The minimum absolute atomic E-state index is 0.130. The summed E-state index contributed by atoms with van der Waals surface area (Å²) in [5.74, 6) is 0. The molecule has 2 heterocycles. The molecule has 0 spiro atoms. The fourth-order valence-electron chi connectivity index (χ4n) is 20.3. The van der Waals surface area contributed by atoms with E-state index in [-0.39, 0.29) is 16.2 Å². The van der Waals surface area contributed by atoms with Crippen molar-refractivity contribution in [2.75, 3.05) is 9.80 Å². The number of hydrogen-bond donors (Lipinski definition) is 0. The van der Waals surface area contributed by atoms with Crippen molar-refractivity contribution < 1.29 is 4.42 Å². The summed E-state index contributed by atoms with van der Waals surface area (Å²) >= 11 is 1.89. The van der Waals surface area contributed by atoms with Gasteiger partial charge in [0.2, 0.25) is 0 Å². The lowest BCUT2D eigenvalue weighted by atomic mass is 9.67. The lowest BCUT2D eigenvalue weighted by Crippen LogP contribution is -2.28. The Balaban J connectivity index is 0.000000142. The van der Waals surface area contributed by atoms with E-state index in [2.05, 4.69) is 438 Å². The van der Waals surface area contributed by atoms with Gasteiger partial charge >= 0.3 is 0 Å². The maximum atomic E-state index is 6.88. The molecular weight excluding hydrogens is 1400 g/mol. The zero-order valence-corrected chi connectivity index (χ0v) is 64.6. The molecule has 0 radical (unpaired) electrons. The van der Waals surface area contributed by atoms with Gasteiger partial charge < -0.3 is 14.2 Å². The van der Waals surface area contributed by atoms with E-state index >= 15 is 0 Å². The fourth-order valence-corrected chi connectivity index (χ4v) is 21.5. The minimum Gasteiger partial charge on any atom is -0.456 e. The topological polar surface area (TPSA) is 19.6 Å². The Bertz CT molecular complexity index is 6810. The number of thiophene rings is 1. The first-order valence-corrected chi connectivity index (χ1v) is 40.6. The van der Waals surface area contributed by atoms with Crippen LogP contribution in [0.2, 0.25) is 0 Å². The van der Waals surface area contributed by atoms with Crippen LogP contribution in [0, 0.1) is 0 Å². The Morgan fingerprint density at radius 3 is 1.02 bits per heavy atom. The van der Waals surface area contributed by atoms with Crippen LogP contribution in [-0.2, 0) is 21.7 Å². The number of nitrogens with zero attached hydrogens (tertiary/aromatic N) is 2. The lowest BCUT2D eigenvalue weighted by molar-refractivity contribution is 0.660. The molecule has 3 nitrogen and oxygen atoms in total. The van der Waals surface area contributed by atoms with Crippen LogP contribution < -0.4 is 9.80 Å². The molecule has 0 bridgehead atoms. The van der Waals surface area contributed by atoms with E-state index in [0.717, 1.165) is 56.1 Å². The number of benzene rings is 17. The smallest absolute Gasteiger partial charge is 0.135 e. The molecule has 17 aromatic carbocycles. The molecular formula is C110H78N2OS. The molecule has 0 unspecified atom stereocenters. The first kappa shape index (κ1) is 67.3. The number of para-hydroxylation sites is 2. The second-order valence-corrected chi connectivity index (χ2v) is 33.2. The van der Waals surface area contributed by atoms with Gasteiger partial charge in [-0.1, -0.05) is 331 Å². The molecule has 0 amide bonds. The molecule has 19 aromatic rings. The molecule has 0 saturated heterocycles. The van der Waals surface area contributed by atoms with Crippen LogP contribution in [0.3, 0.4) is 0 Å². The second kappa shape index (κ2) is 26.0. The van der Waals surface area contributed by atoms with Gasteiger partial charge in [-0.2, -0.15) is 0 Å². The number of fused-ring (bicyclic) bond motifs is 18. The molecule has 114 heavy (non-hydrogen) atoms. The Labute approximate surface area is 669 Å². The lowest BCUT2D eigenvalue weighted by Gasteiger charge is -2.33. The number of hydrogen-bond acceptors (Lipinski definition) is 4. The van der Waals surface area contributed by atoms with Gasteiger partial charge in [-0.3, -0.25) is 0 Å². The molecule has 0 fully saturated rings. The summed E-state index contributed by atoms with van der Waals surface area (Å²) < 4.78 is 9.50. The van der Waals surface area contributed by atoms with E-state index < -0.39 is 5.41 Å². The largest absolute Gasteiger partial charge is 0.456 e. The van der Waals surface area contributed by atoms with Crippen molar-refractivity contribution in [2.24, 2.45) is 0 Å². The van der Waals surface area contributed by atoms with E-state index in [1.165, 1.54) is 143 Å². The SMILES string of the molecule is CC1(C)c2ccccc2-c2ccc(N(c3ccc4c(c3)C(C)(C)c3ccccc3-4)c3ccc4oc5cc(C6(c7ccccc7)c7ccccc7-c7ccccc76)ccc5c4c3)cc21.c1ccc(N(c2ccccc2)c2ccc(-c3ccc4c(c3)sc3cc(C5(c6ccccc6)c6ccccc6-c6ccccc65)ccc34)cc2)cc1. The van der Waals surface area contributed by atoms with Crippen LogP contribution in [-0.4, -0.2) is 0 Å². The molecule has 2 aromatic heterocycles. The highest BCUT2D eigenvalue weighted by Gasteiger charge is 2.48. The van der Waals surface area contributed by atoms with Crippen molar-refractivity contribution in [2.45, 2.75) is 49.4 Å². The highest BCUT2D eigenvalue weighted by Crippen LogP contribution is 2.60. The van der Waals surface area contributed by atoms with Crippen molar-refractivity contribution in [3.05, 3.63) is 467 Å². The van der Waals surface area contributed by atoms with Crippen molar-refractivity contribution in [3.8, 4) is 55.6 Å². The van der Waals surface area contributed by atoms with Crippen molar-refractivity contribution in [3.63, 3.8) is 0 Å². The molecule has 0 saturated carbocycles. The summed E-state index contributed by atoms with van der Waals surface area (Å²) in [6.45, 7) is 9.46. The number of furan rings is 1. The third-order valence-electron chi connectivity index (χ3n) is 25.5. The maximum absolute atomic E-state index is 6.88. The normalized spacial score (nSPS) is 14.2. The molecule has 0 atom stereocenters. The van der Waals surface area contributed by atoms with Gasteiger partial charge in [0.15, 0.2) is 0 Å². The Kier molecular flexibility index (Phi) is 15.3. The first-order chi connectivity index (χ1) is 56.0. The molecule has 4 aliphatic carbocycles. The van der Waals surface area contributed by atoms with Crippen LogP contribution >= 0.6 is 11.3 Å². The maximum Gasteiger partial charge on any atom is 0.135 e. The van der Waals surface area contributed by atoms with Gasteiger partial charge in [0.1, 0.15) is 11.2 Å². The summed E-state index contributed by atoms with van der Waals surface area (Å²) in [5.41, 5.74) is 36.1. The van der Waals surface area contributed by atoms with Crippen molar-refractivity contribution >= 4 is 87.6 Å². The minimum atomic E-state index is -0.494. The van der Waals surface area contributed by atoms with Gasteiger partial charge in [0.05, 0.1) is 10.8 Å². The monoisotopic (exact) mass is 1470 g/mol. The van der Waals surface area contributed by atoms with E-state index in [0.29, 0.717) is 0 Å². The standard InChI is InChI=1S/C61H45NO.C49H33NS/c1-59(2)51-22-12-8-18-43(51)47-31-27-41(36-55(47)59)62(42-28-32-48-44-19-9-13-23-52(44)60(3,4)56(48)37-42)40-29-33-57-50(35-40)49-30-26-39(34-58(49)63-57)61(38-16-6-5-7-17-38)53-24-14-10-20-45(53)46-21-11-15-25-54(46)61;1-4-14-36(15-5-1)49(45-22-12-10-20-41(45)42-21-11-13-23-46(42)49)37-27-31-44-43-30-26-35(32-47(43)51-48(44)33-37)34-24-28-40(29-25-34)50(38-16-6-2-7-17-38)39-18-8-3-9-19-39/h5-37H,1-4H3;1-33H. The molecule has 23 rings (SSSR count). The van der Waals surface area contributed by atoms with Gasteiger partial charge in [0, 0.05) is 75.9 Å². The van der Waals surface area contributed by atoms with Crippen molar-refractivity contribution in [1.82, 2.24) is 0 Å². The third-order valence-corrected chi connectivity index (χ3v) is 26.6. The van der Waals surface area contributed by atoms with E-state index in [4.69, 9.17) is 4.42 Å². The van der Waals surface area contributed by atoms with Gasteiger partial charge in [-0.15, -0.1) is 11.3 Å². The van der Waals surface area contributed by atoms with Crippen LogP contribution in [0.5, 0.6) is 0 Å². The zero-order chi connectivity index (χ0) is 76.0. The summed E-state index contributed by atoms with van der Waals surface area (Å²) in [5, 5.41) is 4.82. The molecule has 4 heteroatoms. The van der Waals surface area contributed by atoms with Crippen LogP contribution in [0.25, 0.3) is 97.7 Å². The fraction of sp³-hybridized carbons (Fsp3) is 0.0727. The van der Waals surface area contributed by atoms with Gasteiger partial charge in [-0.05, 0) is 219 Å². The highest BCUT2D eigenvalue weighted by atomic mass is 32.1. The summed E-state index contributed by atoms with van der Waals surface area (Å²) in [6, 6.07) is 148. The van der Waals surface area contributed by atoms with E-state index in [1.54, 1.807) is 0 Å². The summed E-state index contributed by atoms with van der Waals surface area (Å²) in [7, 11) is 0. The number of anilines is 6. The first-order valence-electron chi connectivity index (χ1n) is 39.8. The highest BCUT2D eigenvalue weighted by molar-refractivity contribution is 7.25. The Morgan fingerprint density at radius 1 is 0.211 bits per heavy atom. The van der Waals surface area contributed by atoms with Crippen LogP contribution in [0.4, 0.5) is 34.1 Å².